The molecule has 5 atom stereocenters. The molecular formula is C20H36O2. The Labute approximate surface area is 137 Å². The fourth-order valence-electron chi connectivity index (χ4n) is 4.98. The minimum absolute atomic E-state index is 0.00520. The maximum absolute atomic E-state index is 12.7. The van der Waals surface area contributed by atoms with Gasteiger partial charge in [-0.1, -0.05) is 47.0 Å². The lowest BCUT2D eigenvalue weighted by molar-refractivity contribution is -0.192. The first-order valence-corrected chi connectivity index (χ1v) is 9.51. The average Bonchev–Trinajstić information content (AvgIpc) is 2.50. The Morgan fingerprint density at radius 3 is 2.45 bits per heavy atom. The molecule has 2 aliphatic carbocycles. The van der Waals surface area contributed by atoms with Gasteiger partial charge in [0, 0.05) is 0 Å². The smallest absolute Gasteiger partial charge is 0.312 e. The van der Waals surface area contributed by atoms with Gasteiger partial charge in [0.1, 0.15) is 5.60 Å². The molecule has 2 rings (SSSR count). The van der Waals surface area contributed by atoms with Crippen LogP contribution in [-0.2, 0) is 9.53 Å². The zero-order valence-corrected chi connectivity index (χ0v) is 15.6. The second-order valence-corrected chi connectivity index (χ2v) is 8.62. The Balaban J connectivity index is 2.20. The van der Waals surface area contributed by atoms with Gasteiger partial charge in [-0.25, -0.2) is 0 Å². The highest BCUT2D eigenvalue weighted by molar-refractivity contribution is 5.76. The summed E-state index contributed by atoms with van der Waals surface area (Å²) < 4.78 is 6.25. The first-order chi connectivity index (χ1) is 10.3. The van der Waals surface area contributed by atoms with Crippen LogP contribution in [0.1, 0.15) is 86.5 Å². The number of ether oxygens (including phenoxy) is 1. The van der Waals surface area contributed by atoms with Crippen LogP contribution in [0.3, 0.4) is 0 Å². The summed E-state index contributed by atoms with van der Waals surface area (Å²) in [5.74, 6) is 2.86. The summed E-state index contributed by atoms with van der Waals surface area (Å²) in [6.45, 7) is 13.1. The molecule has 0 aliphatic heterocycles. The van der Waals surface area contributed by atoms with Crippen LogP contribution in [0.2, 0.25) is 0 Å². The quantitative estimate of drug-likeness (QED) is 0.632. The number of carbonyl (C=O) groups is 1. The standard InChI is InChI=1S/C20H36O2/c1-7-19(5,6)18(21)22-20(8-2)13-12-16-11-9-10-14(3)17(16)15(20)4/h14-17H,7-13H2,1-6H3. The Bertz CT molecular complexity index is 401. The molecule has 2 heteroatoms. The van der Waals surface area contributed by atoms with E-state index in [2.05, 4.69) is 27.7 Å². The van der Waals surface area contributed by atoms with Crippen molar-refractivity contribution >= 4 is 5.97 Å². The Hall–Kier alpha value is -0.530. The topological polar surface area (TPSA) is 26.3 Å². The SMILES string of the molecule is CCC(C)(C)C(=O)OC1(CC)CCC2CCCC(C)C2C1C. The van der Waals surface area contributed by atoms with Crippen LogP contribution in [0.15, 0.2) is 0 Å². The lowest BCUT2D eigenvalue weighted by Crippen LogP contribution is -2.53. The molecule has 2 aliphatic rings. The molecule has 0 N–H and O–H groups in total. The van der Waals surface area contributed by atoms with Gasteiger partial charge in [0.25, 0.3) is 0 Å². The minimum Gasteiger partial charge on any atom is -0.458 e. The second kappa shape index (κ2) is 6.53. The third-order valence-electron chi connectivity index (χ3n) is 7.11. The van der Waals surface area contributed by atoms with Crippen LogP contribution in [0.4, 0.5) is 0 Å². The van der Waals surface area contributed by atoms with Gasteiger partial charge in [0.15, 0.2) is 0 Å². The van der Waals surface area contributed by atoms with Crippen molar-refractivity contribution in [3.63, 3.8) is 0 Å². The number of hydrogen-bond donors (Lipinski definition) is 0. The largest absolute Gasteiger partial charge is 0.458 e. The normalized spacial score (nSPS) is 39.2. The van der Waals surface area contributed by atoms with E-state index in [1.165, 1.54) is 25.7 Å². The highest BCUT2D eigenvalue weighted by Crippen LogP contribution is 2.53. The fraction of sp³-hybridized carbons (Fsp3) is 0.950. The summed E-state index contributed by atoms with van der Waals surface area (Å²) in [5.41, 5.74) is -0.590. The van der Waals surface area contributed by atoms with Crippen molar-refractivity contribution in [3.8, 4) is 0 Å². The lowest BCUT2D eigenvalue weighted by atomic mass is 9.56. The van der Waals surface area contributed by atoms with Gasteiger partial charge in [-0.15, -0.1) is 0 Å². The van der Waals surface area contributed by atoms with Crippen molar-refractivity contribution < 1.29 is 9.53 Å². The Morgan fingerprint density at radius 1 is 1.18 bits per heavy atom. The number of carbonyl (C=O) groups excluding carboxylic acids is 1. The van der Waals surface area contributed by atoms with Crippen LogP contribution in [0.5, 0.6) is 0 Å². The van der Waals surface area contributed by atoms with Gasteiger partial charge in [-0.05, 0) is 63.2 Å². The molecule has 0 amide bonds. The molecule has 0 saturated heterocycles. The summed E-state index contributed by atoms with van der Waals surface area (Å²) in [7, 11) is 0. The zero-order chi connectivity index (χ0) is 16.5. The molecule has 0 aromatic carbocycles. The van der Waals surface area contributed by atoms with Crippen LogP contribution < -0.4 is 0 Å². The molecule has 22 heavy (non-hydrogen) atoms. The molecule has 0 heterocycles. The Morgan fingerprint density at radius 2 is 1.86 bits per heavy atom. The van der Waals surface area contributed by atoms with E-state index in [0.717, 1.165) is 37.0 Å². The van der Waals surface area contributed by atoms with Crippen molar-refractivity contribution in [2.24, 2.45) is 29.1 Å². The number of fused-ring (bicyclic) bond motifs is 1. The van der Waals surface area contributed by atoms with Crippen molar-refractivity contribution in [1.82, 2.24) is 0 Å². The van der Waals surface area contributed by atoms with E-state index in [0.29, 0.717) is 5.92 Å². The fourth-order valence-corrected chi connectivity index (χ4v) is 4.98. The lowest BCUT2D eigenvalue weighted by Gasteiger charge is -2.53. The van der Waals surface area contributed by atoms with E-state index in [1.807, 2.05) is 13.8 Å². The molecule has 5 unspecified atom stereocenters. The highest BCUT2D eigenvalue weighted by atomic mass is 16.6. The monoisotopic (exact) mass is 308 g/mol. The number of rotatable bonds is 4. The average molecular weight is 309 g/mol. The van der Waals surface area contributed by atoms with E-state index in [1.54, 1.807) is 0 Å². The number of esters is 1. The molecular weight excluding hydrogens is 272 g/mol. The van der Waals surface area contributed by atoms with Gasteiger partial charge < -0.3 is 4.74 Å². The van der Waals surface area contributed by atoms with Crippen molar-refractivity contribution in [2.45, 2.75) is 92.1 Å². The van der Waals surface area contributed by atoms with Crippen molar-refractivity contribution in [3.05, 3.63) is 0 Å². The third-order valence-corrected chi connectivity index (χ3v) is 7.11. The van der Waals surface area contributed by atoms with Crippen LogP contribution in [-0.4, -0.2) is 11.6 Å². The summed E-state index contributed by atoms with van der Waals surface area (Å²) in [6, 6.07) is 0. The predicted molar refractivity (Wildman–Crippen MR) is 91.6 cm³/mol. The van der Waals surface area contributed by atoms with Gasteiger partial charge in [-0.2, -0.15) is 0 Å². The highest BCUT2D eigenvalue weighted by Gasteiger charge is 2.51. The van der Waals surface area contributed by atoms with E-state index in [9.17, 15) is 4.79 Å². The van der Waals surface area contributed by atoms with Crippen molar-refractivity contribution in [2.75, 3.05) is 0 Å². The van der Waals surface area contributed by atoms with Crippen molar-refractivity contribution in [1.29, 1.82) is 0 Å². The first-order valence-electron chi connectivity index (χ1n) is 9.51. The molecule has 0 bridgehead atoms. The molecule has 2 fully saturated rings. The Kier molecular flexibility index (Phi) is 5.29. The molecule has 128 valence electrons. The van der Waals surface area contributed by atoms with Crippen LogP contribution in [0.25, 0.3) is 0 Å². The molecule has 0 spiro atoms. The zero-order valence-electron chi connectivity index (χ0n) is 15.6. The van der Waals surface area contributed by atoms with Gasteiger partial charge in [0.2, 0.25) is 0 Å². The van der Waals surface area contributed by atoms with E-state index >= 15 is 0 Å². The summed E-state index contributed by atoms with van der Waals surface area (Å²) >= 11 is 0. The van der Waals surface area contributed by atoms with Crippen LogP contribution in [0, 0.1) is 29.1 Å². The van der Waals surface area contributed by atoms with Gasteiger partial charge in [0.05, 0.1) is 5.41 Å². The van der Waals surface area contributed by atoms with E-state index < -0.39 is 0 Å². The van der Waals surface area contributed by atoms with Crippen LogP contribution >= 0.6 is 0 Å². The summed E-state index contributed by atoms with van der Waals surface area (Å²) in [6.07, 6.45) is 8.21. The summed E-state index contributed by atoms with van der Waals surface area (Å²) in [4.78, 5) is 12.7. The van der Waals surface area contributed by atoms with Gasteiger partial charge >= 0.3 is 5.97 Å². The molecule has 0 aromatic rings. The van der Waals surface area contributed by atoms with Gasteiger partial charge in [-0.3, -0.25) is 4.79 Å². The summed E-state index contributed by atoms with van der Waals surface area (Å²) in [5, 5.41) is 0. The molecule has 2 saturated carbocycles. The number of hydrogen-bond acceptors (Lipinski definition) is 2. The maximum Gasteiger partial charge on any atom is 0.312 e. The maximum atomic E-state index is 12.7. The predicted octanol–water partition coefficient (Wildman–Crippen LogP) is 5.60. The first kappa shape index (κ1) is 17.8. The molecule has 2 nitrogen and oxygen atoms in total. The van der Waals surface area contributed by atoms with E-state index in [4.69, 9.17) is 4.74 Å². The second-order valence-electron chi connectivity index (χ2n) is 8.62. The minimum atomic E-state index is -0.364. The van der Waals surface area contributed by atoms with E-state index in [-0.39, 0.29) is 17.0 Å². The molecule has 0 radical (unpaired) electrons. The molecule has 0 aromatic heterocycles. The third kappa shape index (κ3) is 3.08.